The van der Waals surface area contributed by atoms with Gasteiger partial charge in [-0.05, 0) is 25.2 Å². The van der Waals surface area contributed by atoms with E-state index in [0.29, 0.717) is 0 Å². The first-order valence-electron chi connectivity index (χ1n) is 5.58. The minimum atomic E-state index is -4.64. The fourth-order valence-electron chi connectivity index (χ4n) is 1.92. The lowest BCUT2D eigenvalue weighted by molar-refractivity contribution is -0.136. The fourth-order valence-corrected chi connectivity index (χ4v) is 2.17. The van der Waals surface area contributed by atoms with Gasteiger partial charge in [0.05, 0.1) is 10.9 Å². The first kappa shape index (κ1) is 14.4. The smallest absolute Gasteiger partial charge is 0.299 e. The monoisotopic (exact) mass is 301 g/mol. The molecule has 0 bridgehead atoms. The zero-order valence-electron chi connectivity index (χ0n) is 10.4. The number of aromatic amines is 1. The third-order valence-corrected chi connectivity index (χ3v) is 3.02. The summed E-state index contributed by atoms with van der Waals surface area (Å²) in [5.41, 5.74) is -1.85. The molecule has 0 aromatic carbocycles. The predicted molar refractivity (Wildman–Crippen MR) is 71.1 cm³/mol. The summed E-state index contributed by atoms with van der Waals surface area (Å²) in [4.78, 5) is 18.1. The first-order chi connectivity index (χ1) is 9.25. The number of allylic oxidation sites excluding steroid dienone is 1. The molecule has 2 aromatic heterocycles. The number of halogens is 3. The SMILES string of the molecule is C=CCn1c(=S)[nH]c(=O)c2c(C(F)(F)F)cc(C)nc21. The van der Waals surface area contributed by atoms with E-state index < -0.39 is 22.7 Å². The number of pyridine rings is 1. The molecule has 1 N–H and O–H groups in total. The number of aryl methyl sites for hydroxylation is 1. The molecule has 2 rings (SSSR count). The van der Waals surface area contributed by atoms with Gasteiger partial charge >= 0.3 is 6.18 Å². The van der Waals surface area contributed by atoms with Gasteiger partial charge in [0.25, 0.3) is 5.56 Å². The molecule has 8 heteroatoms. The normalized spacial score (nSPS) is 11.8. The van der Waals surface area contributed by atoms with E-state index in [1.54, 1.807) is 0 Å². The Morgan fingerprint density at radius 2 is 2.20 bits per heavy atom. The maximum Gasteiger partial charge on any atom is 0.417 e. The molecule has 20 heavy (non-hydrogen) atoms. The third-order valence-electron chi connectivity index (χ3n) is 2.69. The number of rotatable bonds is 2. The topological polar surface area (TPSA) is 50.7 Å². The second-order valence-corrected chi connectivity index (χ2v) is 4.55. The molecule has 2 heterocycles. The Morgan fingerprint density at radius 1 is 1.55 bits per heavy atom. The molecule has 0 saturated carbocycles. The number of hydrogen-bond acceptors (Lipinski definition) is 3. The van der Waals surface area contributed by atoms with Gasteiger partial charge in [-0.1, -0.05) is 6.08 Å². The number of nitrogens with one attached hydrogen (secondary N) is 1. The summed E-state index contributed by atoms with van der Waals surface area (Å²) < 4.78 is 40.5. The van der Waals surface area contributed by atoms with E-state index in [9.17, 15) is 18.0 Å². The second kappa shape index (κ2) is 4.86. The maximum absolute atomic E-state index is 13.1. The molecule has 0 aliphatic rings. The van der Waals surface area contributed by atoms with Crippen LogP contribution in [0.15, 0.2) is 23.5 Å². The molecule has 0 fully saturated rings. The molecule has 0 aliphatic carbocycles. The Bertz CT molecular complexity index is 804. The van der Waals surface area contributed by atoms with Crippen molar-refractivity contribution >= 4 is 23.3 Å². The van der Waals surface area contributed by atoms with E-state index in [0.717, 1.165) is 6.07 Å². The van der Waals surface area contributed by atoms with Crippen LogP contribution in [0.3, 0.4) is 0 Å². The minimum Gasteiger partial charge on any atom is -0.299 e. The fraction of sp³-hybridized carbons (Fsp3) is 0.250. The zero-order chi connectivity index (χ0) is 15.1. The lowest BCUT2D eigenvalue weighted by Gasteiger charge is -2.13. The molecular weight excluding hydrogens is 291 g/mol. The summed E-state index contributed by atoms with van der Waals surface area (Å²) in [7, 11) is 0. The van der Waals surface area contributed by atoms with Crippen LogP contribution in [-0.2, 0) is 12.7 Å². The van der Waals surface area contributed by atoms with Gasteiger partial charge in [0, 0.05) is 12.2 Å². The Labute approximate surface area is 116 Å². The number of H-pyrrole nitrogens is 1. The van der Waals surface area contributed by atoms with Crippen LogP contribution in [-0.4, -0.2) is 14.5 Å². The molecule has 0 aliphatic heterocycles. The number of fused-ring (bicyclic) bond motifs is 1. The molecular formula is C12H10F3N3OS. The van der Waals surface area contributed by atoms with E-state index in [-0.39, 0.29) is 22.7 Å². The van der Waals surface area contributed by atoms with Crippen molar-refractivity contribution < 1.29 is 13.2 Å². The molecule has 2 aromatic rings. The van der Waals surface area contributed by atoms with Gasteiger partial charge in [0.15, 0.2) is 4.77 Å². The van der Waals surface area contributed by atoms with Crippen LogP contribution in [0.2, 0.25) is 0 Å². The summed E-state index contributed by atoms with van der Waals surface area (Å²) in [6.07, 6.45) is -3.18. The van der Waals surface area contributed by atoms with Gasteiger partial charge < -0.3 is 0 Å². The number of hydrogen-bond donors (Lipinski definition) is 1. The summed E-state index contributed by atoms with van der Waals surface area (Å²) in [6.45, 7) is 5.09. The highest BCUT2D eigenvalue weighted by Gasteiger charge is 2.35. The van der Waals surface area contributed by atoms with Crippen LogP contribution in [0.25, 0.3) is 11.0 Å². The van der Waals surface area contributed by atoms with E-state index in [1.807, 2.05) is 0 Å². The van der Waals surface area contributed by atoms with E-state index >= 15 is 0 Å². The molecule has 0 saturated heterocycles. The minimum absolute atomic E-state index is 0.00799. The number of nitrogens with zero attached hydrogens (tertiary/aromatic N) is 2. The van der Waals surface area contributed by atoms with E-state index in [1.165, 1.54) is 17.6 Å². The highest BCUT2D eigenvalue weighted by atomic mass is 32.1. The summed E-state index contributed by atoms with van der Waals surface area (Å²) in [5.74, 6) is 0. The van der Waals surface area contributed by atoms with Crippen molar-refractivity contribution in [2.75, 3.05) is 0 Å². The van der Waals surface area contributed by atoms with Gasteiger partial charge in [-0.2, -0.15) is 13.2 Å². The average molecular weight is 301 g/mol. The summed E-state index contributed by atoms with van der Waals surface area (Å²) in [6, 6.07) is 0.846. The van der Waals surface area contributed by atoms with E-state index in [4.69, 9.17) is 12.2 Å². The second-order valence-electron chi connectivity index (χ2n) is 4.17. The van der Waals surface area contributed by atoms with Crippen molar-refractivity contribution in [3.63, 3.8) is 0 Å². The van der Waals surface area contributed by atoms with Gasteiger partial charge in [-0.25, -0.2) is 4.98 Å². The predicted octanol–water partition coefficient (Wildman–Crippen LogP) is 2.97. The molecule has 106 valence electrons. The van der Waals surface area contributed by atoms with Crippen molar-refractivity contribution in [1.82, 2.24) is 14.5 Å². The number of alkyl halides is 3. The first-order valence-corrected chi connectivity index (χ1v) is 5.99. The molecule has 0 atom stereocenters. The highest BCUT2D eigenvalue weighted by Crippen LogP contribution is 2.33. The highest BCUT2D eigenvalue weighted by molar-refractivity contribution is 7.71. The summed E-state index contributed by atoms with van der Waals surface area (Å²) in [5, 5.41) is -0.515. The van der Waals surface area contributed by atoms with Crippen LogP contribution in [0.1, 0.15) is 11.3 Å². The quantitative estimate of drug-likeness (QED) is 0.685. The lowest BCUT2D eigenvalue weighted by atomic mass is 10.1. The van der Waals surface area contributed by atoms with Crippen molar-refractivity contribution in [3.05, 3.63) is 45.1 Å². The Morgan fingerprint density at radius 3 is 2.75 bits per heavy atom. The number of aromatic nitrogens is 3. The third kappa shape index (κ3) is 2.38. The van der Waals surface area contributed by atoms with Gasteiger partial charge in [-0.3, -0.25) is 14.3 Å². The molecule has 0 amide bonds. The van der Waals surface area contributed by atoms with Crippen LogP contribution >= 0.6 is 12.2 Å². The van der Waals surface area contributed by atoms with Crippen molar-refractivity contribution in [2.45, 2.75) is 19.6 Å². The zero-order valence-corrected chi connectivity index (χ0v) is 11.2. The van der Waals surface area contributed by atoms with Crippen LogP contribution in [0, 0.1) is 11.7 Å². The van der Waals surface area contributed by atoms with Crippen molar-refractivity contribution in [3.8, 4) is 0 Å². The lowest BCUT2D eigenvalue weighted by Crippen LogP contribution is -2.20. The molecule has 0 spiro atoms. The largest absolute Gasteiger partial charge is 0.417 e. The van der Waals surface area contributed by atoms with E-state index in [2.05, 4.69) is 16.5 Å². The molecule has 0 unspecified atom stereocenters. The van der Waals surface area contributed by atoms with Gasteiger partial charge in [0.1, 0.15) is 5.65 Å². The Kier molecular flexibility index (Phi) is 3.51. The van der Waals surface area contributed by atoms with Crippen molar-refractivity contribution in [1.29, 1.82) is 0 Å². The Balaban J connectivity index is 3.07. The standard InChI is InChI=1S/C12H10F3N3OS/c1-3-4-18-9-8(10(19)17-11(18)20)7(12(13,14)15)5-6(2)16-9/h3,5H,1,4H2,2H3,(H,17,19,20). The molecule has 4 nitrogen and oxygen atoms in total. The molecule has 0 radical (unpaired) electrons. The van der Waals surface area contributed by atoms with Crippen molar-refractivity contribution in [2.24, 2.45) is 0 Å². The van der Waals surface area contributed by atoms with Crippen LogP contribution in [0.5, 0.6) is 0 Å². The van der Waals surface area contributed by atoms with Crippen LogP contribution in [0.4, 0.5) is 13.2 Å². The van der Waals surface area contributed by atoms with Gasteiger partial charge in [-0.15, -0.1) is 6.58 Å². The Hall–Kier alpha value is -1.96. The summed E-state index contributed by atoms with van der Waals surface area (Å²) >= 11 is 4.95. The van der Waals surface area contributed by atoms with Gasteiger partial charge in [0.2, 0.25) is 0 Å². The van der Waals surface area contributed by atoms with Crippen LogP contribution < -0.4 is 5.56 Å². The average Bonchev–Trinajstić information content (AvgIpc) is 2.32. The maximum atomic E-state index is 13.1.